The molecular formula is C58H45NOS3Si2. The lowest BCUT2D eigenvalue weighted by Crippen LogP contribution is -2.56. The van der Waals surface area contributed by atoms with Crippen LogP contribution in [0.4, 0.5) is 17.1 Å². The molecule has 3 aliphatic heterocycles. The molecule has 0 saturated carbocycles. The van der Waals surface area contributed by atoms with Crippen LogP contribution in [0, 0.1) is 0 Å². The summed E-state index contributed by atoms with van der Waals surface area (Å²) < 4.78 is 6.39. The Morgan fingerprint density at radius 1 is 0.323 bits per heavy atom. The van der Waals surface area contributed by atoms with Crippen molar-refractivity contribution in [2.24, 2.45) is 0 Å². The Kier molecular flexibility index (Phi) is 9.92. The lowest BCUT2D eigenvalue weighted by atomic mass is 10.0. The average Bonchev–Trinajstić information content (AvgIpc) is 3.34. The van der Waals surface area contributed by atoms with Crippen LogP contribution in [0.5, 0.6) is 11.5 Å². The van der Waals surface area contributed by atoms with E-state index in [0.717, 1.165) is 43.9 Å². The molecule has 9 aromatic carbocycles. The quantitative estimate of drug-likeness (QED) is 0.154. The fourth-order valence-corrected chi connectivity index (χ4v) is 22.2. The van der Waals surface area contributed by atoms with Crippen LogP contribution in [0.3, 0.4) is 0 Å². The van der Waals surface area contributed by atoms with Crippen molar-refractivity contribution in [2.45, 2.75) is 55.6 Å². The fraction of sp³-hybridized carbons (Fsp3) is 0.0690. The van der Waals surface area contributed by atoms with Gasteiger partial charge < -0.3 is 9.64 Å². The van der Waals surface area contributed by atoms with Crippen LogP contribution in [0.15, 0.2) is 230 Å². The van der Waals surface area contributed by atoms with Crippen molar-refractivity contribution in [3.63, 3.8) is 0 Å². The zero-order chi connectivity index (χ0) is 43.9. The van der Waals surface area contributed by atoms with Gasteiger partial charge in [0, 0.05) is 36.6 Å². The minimum absolute atomic E-state index is 0.901. The Balaban J connectivity index is 0.927. The summed E-state index contributed by atoms with van der Waals surface area (Å²) in [7, 11) is -3.73. The van der Waals surface area contributed by atoms with Gasteiger partial charge in [0.2, 0.25) is 0 Å². The van der Waals surface area contributed by atoms with Crippen LogP contribution in [0.1, 0.15) is 0 Å². The number of rotatable bonds is 6. The van der Waals surface area contributed by atoms with Gasteiger partial charge in [-0.15, -0.1) is 0 Å². The third-order valence-electron chi connectivity index (χ3n) is 13.5. The van der Waals surface area contributed by atoms with E-state index in [2.05, 4.69) is 219 Å². The minimum atomic E-state index is -1.86. The van der Waals surface area contributed by atoms with E-state index in [1.807, 2.05) is 35.7 Å². The smallest absolute Gasteiger partial charge is 0.142 e. The number of hydrogen-bond acceptors (Lipinski definition) is 5. The van der Waals surface area contributed by atoms with Crippen LogP contribution in [-0.4, -0.2) is 16.1 Å². The lowest BCUT2D eigenvalue weighted by molar-refractivity contribution is 0.455. The molecule has 0 bridgehead atoms. The summed E-state index contributed by atoms with van der Waals surface area (Å²) in [5.41, 5.74) is 10.7. The number of fused-ring (bicyclic) bond motifs is 6. The van der Waals surface area contributed by atoms with Gasteiger partial charge in [-0.2, -0.15) is 0 Å². The molecular weight excluding hydrogens is 879 g/mol. The Hall–Kier alpha value is -5.94. The maximum atomic E-state index is 6.39. The molecule has 0 amide bonds. The molecule has 9 aromatic rings. The number of para-hydroxylation sites is 1. The van der Waals surface area contributed by atoms with Crippen molar-refractivity contribution in [2.75, 3.05) is 4.90 Å². The third-order valence-corrected chi connectivity index (χ3v) is 24.9. The molecule has 2 nitrogen and oxygen atoms in total. The Labute approximate surface area is 396 Å². The number of ether oxygens (including phenoxy) is 1. The van der Waals surface area contributed by atoms with E-state index in [-0.39, 0.29) is 0 Å². The van der Waals surface area contributed by atoms with E-state index in [1.165, 1.54) is 68.1 Å². The second-order valence-electron chi connectivity index (χ2n) is 18.1. The van der Waals surface area contributed by atoms with E-state index in [1.54, 1.807) is 11.8 Å². The highest BCUT2D eigenvalue weighted by molar-refractivity contribution is 8.00. The first-order valence-electron chi connectivity index (χ1n) is 22.2. The molecule has 0 fully saturated rings. The molecule has 0 N–H and O–H groups in total. The molecule has 0 saturated heterocycles. The largest absolute Gasteiger partial charge is 0.455 e. The van der Waals surface area contributed by atoms with Crippen LogP contribution in [0.25, 0.3) is 33.4 Å². The number of nitrogens with zero attached hydrogens (tertiary/aromatic N) is 1. The minimum Gasteiger partial charge on any atom is -0.455 e. The summed E-state index contributed by atoms with van der Waals surface area (Å²) in [5, 5.41) is 6.10. The number of anilines is 3. The molecule has 0 aromatic heterocycles. The van der Waals surface area contributed by atoms with E-state index >= 15 is 0 Å². The molecule has 3 aliphatic rings. The van der Waals surface area contributed by atoms with E-state index < -0.39 is 16.1 Å². The zero-order valence-corrected chi connectivity index (χ0v) is 41.1. The van der Waals surface area contributed by atoms with Gasteiger partial charge in [0.15, 0.2) is 0 Å². The van der Waals surface area contributed by atoms with Gasteiger partial charge in [-0.05, 0) is 121 Å². The van der Waals surface area contributed by atoms with Crippen molar-refractivity contribution >= 4 is 89.2 Å². The molecule has 3 heterocycles. The van der Waals surface area contributed by atoms with E-state index in [0.29, 0.717) is 0 Å². The monoisotopic (exact) mass is 923 g/mol. The second kappa shape index (κ2) is 15.9. The summed E-state index contributed by atoms with van der Waals surface area (Å²) in [6.07, 6.45) is 0. The first-order valence-corrected chi connectivity index (χ1v) is 30.7. The number of hydrogen-bond donors (Lipinski definition) is 0. The highest BCUT2D eigenvalue weighted by Crippen LogP contribution is 2.51. The summed E-state index contributed by atoms with van der Waals surface area (Å²) in [6, 6.07) is 74.1. The first-order chi connectivity index (χ1) is 31.7. The van der Waals surface area contributed by atoms with Crippen LogP contribution >= 0.6 is 35.3 Å². The van der Waals surface area contributed by atoms with Crippen molar-refractivity contribution in [1.29, 1.82) is 0 Å². The molecule has 0 atom stereocenters. The lowest BCUT2D eigenvalue weighted by Gasteiger charge is -2.34. The van der Waals surface area contributed by atoms with Crippen molar-refractivity contribution < 1.29 is 4.74 Å². The molecule has 0 radical (unpaired) electrons. The van der Waals surface area contributed by atoms with Crippen molar-refractivity contribution in [1.82, 2.24) is 0 Å². The first kappa shape index (κ1) is 40.6. The van der Waals surface area contributed by atoms with Gasteiger partial charge >= 0.3 is 0 Å². The Bertz CT molecular complexity index is 3180. The predicted molar refractivity (Wildman–Crippen MR) is 283 cm³/mol. The van der Waals surface area contributed by atoms with Gasteiger partial charge in [0.05, 0.1) is 9.79 Å². The topological polar surface area (TPSA) is 12.5 Å². The highest BCUT2D eigenvalue weighted by atomic mass is 32.2. The molecule has 314 valence electrons. The maximum absolute atomic E-state index is 6.39. The standard InChI is InChI=1S/C58H45NOS3Si2/c1-64(2)52-22-9-7-20-50(52)62-57-45(15-12-24-54(57)64)39-28-34-42(35-29-39)59(41-32-26-38(27-33-41)44-14-11-18-48-56(44)61-49-19-6-5-17-47(49)60-48)43-36-30-40(31-37-43)46-16-13-25-55-58(46)63-51-21-8-10-23-53(51)65(55,3)4/h5-37H,1-4H3. The summed E-state index contributed by atoms with van der Waals surface area (Å²) in [5.74, 6) is 1.81. The predicted octanol–water partition coefficient (Wildman–Crippen LogP) is 15.0. The third kappa shape index (κ3) is 6.86. The number of benzene rings is 9. The average molecular weight is 924 g/mol. The van der Waals surface area contributed by atoms with Gasteiger partial charge in [-0.1, -0.05) is 195 Å². The molecule has 0 aliphatic carbocycles. The van der Waals surface area contributed by atoms with Crippen molar-refractivity contribution in [3.05, 3.63) is 200 Å². The molecule has 0 unspecified atom stereocenters. The van der Waals surface area contributed by atoms with E-state index in [4.69, 9.17) is 4.74 Å². The van der Waals surface area contributed by atoms with Crippen LogP contribution in [0.2, 0.25) is 26.2 Å². The van der Waals surface area contributed by atoms with Gasteiger partial charge in [-0.25, -0.2) is 0 Å². The van der Waals surface area contributed by atoms with E-state index in [9.17, 15) is 0 Å². The molecule has 0 spiro atoms. The Morgan fingerprint density at radius 2 is 0.677 bits per heavy atom. The SMILES string of the molecule is C[Si]1(C)c2ccccc2Sc2c(-c3ccc(N(c4ccc(-c5cccc6c5Sc5ccccc5O6)cc4)c4ccc(-c5cccc6c5Sc5ccccc5[Si]6(C)C)cc4)cc3)cccc21. The molecule has 12 rings (SSSR count). The van der Waals surface area contributed by atoms with Gasteiger partial charge in [-0.3, -0.25) is 0 Å². The summed E-state index contributed by atoms with van der Waals surface area (Å²) in [4.78, 5) is 10.3. The van der Waals surface area contributed by atoms with Crippen LogP contribution in [-0.2, 0) is 0 Å². The highest BCUT2D eigenvalue weighted by Gasteiger charge is 2.37. The fourth-order valence-electron chi connectivity index (χ4n) is 9.98. The van der Waals surface area contributed by atoms with Gasteiger partial charge in [0.25, 0.3) is 0 Å². The van der Waals surface area contributed by atoms with Crippen LogP contribution < -0.4 is 30.4 Å². The summed E-state index contributed by atoms with van der Waals surface area (Å²) >= 11 is 5.65. The van der Waals surface area contributed by atoms with Gasteiger partial charge in [0.1, 0.15) is 27.6 Å². The molecule has 65 heavy (non-hydrogen) atoms. The van der Waals surface area contributed by atoms with Crippen molar-refractivity contribution in [3.8, 4) is 44.9 Å². The maximum Gasteiger partial charge on any atom is 0.142 e. The summed E-state index contributed by atoms with van der Waals surface area (Å²) in [6.45, 7) is 9.99. The second-order valence-corrected chi connectivity index (χ2v) is 29.9. The zero-order valence-electron chi connectivity index (χ0n) is 36.6. The Morgan fingerprint density at radius 3 is 1.15 bits per heavy atom. The normalized spacial score (nSPS) is 14.6. The molecule has 7 heteroatoms.